The van der Waals surface area contributed by atoms with Crippen LogP contribution in [0, 0.1) is 0 Å². The predicted molar refractivity (Wildman–Crippen MR) is 112 cm³/mol. The number of hydrogen-bond acceptors (Lipinski definition) is 4. The van der Waals surface area contributed by atoms with Gasteiger partial charge in [0.05, 0.1) is 12.3 Å². The van der Waals surface area contributed by atoms with Crippen molar-refractivity contribution >= 4 is 21.6 Å². The maximum Gasteiger partial charge on any atom is 0.258 e. The fourth-order valence-corrected chi connectivity index (χ4v) is 3.18. The zero-order chi connectivity index (χ0) is 20.9. The number of nitrogens with one attached hydrogen (secondary N) is 2. The lowest BCUT2D eigenvalue weighted by Crippen LogP contribution is -2.31. The number of hydrogen-bond donors (Lipinski definition) is 2. The molecule has 1 atom stereocenters. The summed E-state index contributed by atoms with van der Waals surface area (Å²) in [4.78, 5) is 12.2. The molecule has 7 heteroatoms. The molecule has 0 aliphatic carbocycles. The molecule has 0 aromatic heterocycles. The van der Waals surface area contributed by atoms with Crippen LogP contribution in [0.25, 0.3) is 0 Å². The molecule has 2 N–H and O–H groups in total. The molecule has 2 aromatic carbocycles. The van der Waals surface area contributed by atoms with Crippen LogP contribution in [0.2, 0.25) is 0 Å². The normalized spacial score (nSPS) is 12.9. The molecule has 1 unspecified atom stereocenters. The van der Waals surface area contributed by atoms with Crippen molar-refractivity contribution in [3.05, 3.63) is 59.7 Å². The summed E-state index contributed by atoms with van der Waals surface area (Å²) in [5, 5.41) is 2.87. The molecule has 0 aliphatic rings. The van der Waals surface area contributed by atoms with Crippen molar-refractivity contribution in [2.45, 2.75) is 39.2 Å². The van der Waals surface area contributed by atoms with Crippen LogP contribution in [-0.2, 0) is 20.2 Å². The van der Waals surface area contributed by atoms with Gasteiger partial charge in [-0.2, -0.15) is 0 Å². The van der Waals surface area contributed by atoms with E-state index in [4.69, 9.17) is 4.74 Å². The largest absolute Gasteiger partial charge is 0.484 e. The monoisotopic (exact) mass is 404 g/mol. The highest BCUT2D eigenvalue weighted by Crippen LogP contribution is 2.24. The molecule has 2 rings (SSSR count). The fraction of sp³-hybridized carbons (Fsp3) is 0.381. The lowest BCUT2D eigenvalue weighted by molar-refractivity contribution is -0.123. The lowest BCUT2D eigenvalue weighted by Gasteiger charge is -2.19. The third kappa shape index (κ3) is 6.88. The highest BCUT2D eigenvalue weighted by atomic mass is 32.2. The van der Waals surface area contributed by atoms with Crippen molar-refractivity contribution in [3.63, 3.8) is 0 Å². The van der Waals surface area contributed by atoms with E-state index in [1.807, 2.05) is 31.2 Å². The number of anilines is 1. The zero-order valence-corrected chi connectivity index (χ0v) is 17.8. The number of rotatable bonds is 7. The predicted octanol–water partition coefficient (Wildman–Crippen LogP) is 3.61. The van der Waals surface area contributed by atoms with E-state index in [0.29, 0.717) is 11.4 Å². The van der Waals surface area contributed by atoms with Crippen LogP contribution in [0.1, 0.15) is 44.9 Å². The van der Waals surface area contributed by atoms with Crippen molar-refractivity contribution < 1.29 is 17.9 Å². The molecule has 0 fully saturated rings. The van der Waals surface area contributed by atoms with Gasteiger partial charge in [0.1, 0.15) is 5.75 Å². The fourth-order valence-electron chi connectivity index (χ4n) is 2.62. The van der Waals surface area contributed by atoms with E-state index in [-0.39, 0.29) is 24.0 Å². The topological polar surface area (TPSA) is 84.5 Å². The van der Waals surface area contributed by atoms with Gasteiger partial charge < -0.3 is 10.1 Å². The molecule has 6 nitrogen and oxygen atoms in total. The Kier molecular flexibility index (Phi) is 6.72. The number of benzene rings is 2. The van der Waals surface area contributed by atoms with Crippen molar-refractivity contribution in [1.29, 1.82) is 0 Å². The van der Waals surface area contributed by atoms with Crippen LogP contribution < -0.4 is 14.8 Å². The molecule has 152 valence electrons. The molecule has 0 saturated carbocycles. The highest BCUT2D eigenvalue weighted by molar-refractivity contribution is 7.92. The summed E-state index contributed by atoms with van der Waals surface area (Å²) < 4.78 is 30.4. The Hall–Kier alpha value is -2.54. The van der Waals surface area contributed by atoms with E-state index in [9.17, 15) is 13.2 Å². The first kappa shape index (κ1) is 21.8. The number of sulfonamides is 1. The van der Waals surface area contributed by atoms with Crippen LogP contribution in [0.5, 0.6) is 5.75 Å². The molecule has 1 amide bonds. The second kappa shape index (κ2) is 8.65. The summed E-state index contributed by atoms with van der Waals surface area (Å²) in [7, 11) is -3.31. The number of carbonyl (C=O) groups excluding carboxylic acids is 1. The van der Waals surface area contributed by atoms with Gasteiger partial charge in [-0.3, -0.25) is 9.52 Å². The molecule has 0 spiro atoms. The summed E-state index contributed by atoms with van der Waals surface area (Å²) in [5.74, 6) is 0.415. The van der Waals surface area contributed by atoms with E-state index in [1.165, 1.54) is 5.56 Å². The van der Waals surface area contributed by atoms with E-state index in [0.717, 1.165) is 11.8 Å². The second-order valence-electron chi connectivity index (χ2n) is 7.85. The number of carbonyl (C=O) groups is 1. The summed E-state index contributed by atoms with van der Waals surface area (Å²) in [6.07, 6.45) is 1.10. The standard InChI is InChI=1S/C21H28N2O4S/c1-15(16-6-10-18(11-7-16)23-28(5,25)26)22-20(24)14-27-19-12-8-17(9-13-19)21(2,3)4/h6-13,15,23H,14H2,1-5H3,(H,22,24). The van der Waals surface area contributed by atoms with Crippen molar-refractivity contribution in [1.82, 2.24) is 5.32 Å². The summed E-state index contributed by atoms with van der Waals surface area (Å²) >= 11 is 0. The molecule has 0 aliphatic heterocycles. The van der Waals surface area contributed by atoms with Gasteiger partial charge in [0.15, 0.2) is 6.61 Å². The summed E-state index contributed by atoms with van der Waals surface area (Å²) in [6.45, 7) is 8.20. The van der Waals surface area contributed by atoms with E-state index >= 15 is 0 Å². The van der Waals surface area contributed by atoms with Crippen LogP contribution in [0.3, 0.4) is 0 Å². The van der Waals surface area contributed by atoms with E-state index in [2.05, 4.69) is 30.8 Å². The Labute approximate surface area is 167 Å². The number of amides is 1. The third-order valence-corrected chi connectivity index (χ3v) is 4.79. The lowest BCUT2D eigenvalue weighted by atomic mass is 9.87. The Morgan fingerprint density at radius 1 is 1.04 bits per heavy atom. The average molecular weight is 405 g/mol. The van der Waals surface area contributed by atoms with Crippen molar-refractivity contribution in [2.24, 2.45) is 0 Å². The molecule has 0 radical (unpaired) electrons. The molecule has 0 heterocycles. The molecule has 0 saturated heterocycles. The molecular weight excluding hydrogens is 376 g/mol. The average Bonchev–Trinajstić information content (AvgIpc) is 2.59. The van der Waals surface area contributed by atoms with Crippen LogP contribution in [0.4, 0.5) is 5.69 Å². The van der Waals surface area contributed by atoms with Crippen molar-refractivity contribution in [2.75, 3.05) is 17.6 Å². The molecule has 28 heavy (non-hydrogen) atoms. The first-order chi connectivity index (χ1) is 12.9. The Morgan fingerprint density at radius 2 is 1.61 bits per heavy atom. The summed E-state index contributed by atoms with van der Waals surface area (Å²) in [5.41, 5.74) is 2.61. The smallest absolute Gasteiger partial charge is 0.258 e. The first-order valence-electron chi connectivity index (χ1n) is 9.04. The van der Waals surface area contributed by atoms with E-state index < -0.39 is 10.0 Å². The van der Waals surface area contributed by atoms with Gasteiger partial charge in [0.2, 0.25) is 10.0 Å². The van der Waals surface area contributed by atoms with Crippen molar-refractivity contribution in [3.8, 4) is 5.75 Å². The Bertz CT molecular complexity index is 899. The molecule has 2 aromatic rings. The van der Waals surface area contributed by atoms with Gasteiger partial charge >= 0.3 is 0 Å². The van der Waals surface area contributed by atoms with Crippen LogP contribution >= 0.6 is 0 Å². The van der Waals surface area contributed by atoms with Crippen LogP contribution in [-0.4, -0.2) is 27.2 Å². The minimum atomic E-state index is -3.31. The van der Waals surface area contributed by atoms with Gasteiger partial charge in [0, 0.05) is 5.69 Å². The maximum absolute atomic E-state index is 12.2. The molecule has 0 bridgehead atoms. The number of ether oxygens (including phenoxy) is 1. The first-order valence-corrected chi connectivity index (χ1v) is 10.9. The quantitative estimate of drug-likeness (QED) is 0.738. The van der Waals surface area contributed by atoms with Gasteiger partial charge in [-0.15, -0.1) is 0 Å². The van der Waals surface area contributed by atoms with Gasteiger partial charge in [-0.05, 0) is 47.7 Å². The van der Waals surface area contributed by atoms with Gasteiger partial charge in [-0.1, -0.05) is 45.0 Å². The van der Waals surface area contributed by atoms with Crippen LogP contribution in [0.15, 0.2) is 48.5 Å². The minimum Gasteiger partial charge on any atom is -0.484 e. The Balaban J connectivity index is 1.87. The van der Waals surface area contributed by atoms with Gasteiger partial charge in [0.25, 0.3) is 5.91 Å². The maximum atomic E-state index is 12.2. The van der Waals surface area contributed by atoms with Gasteiger partial charge in [-0.25, -0.2) is 8.42 Å². The minimum absolute atomic E-state index is 0.0672. The Morgan fingerprint density at radius 3 is 2.11 bits per heavy atom. The zero-order valence-electron chi connectivity index (χ0n) is 16.9. The molecular formula is C21H28N2O4S. The SMILES string of the molecule is CC(NC(=O)COc1ccc(C(C)(C)C)cc1)c1ccc(NS(C)(=O)=O)cc1. The second-order valence-corrected chi connectivity index (χ2v) is 9.60. The summed E-state index contributed by atoms with van der Waals surface area (Å²) in [6, 6.07) is 14.4. The highest BCUT2D eigenvalue weighted by Gasteiger charge is 2.14. The third-order valence-electron chi connectivity index (χ3n) is 4.18. The van der Waals surface area contributed by atoms with E-state index in [1.54, 1.807) is 24.3 Å².